The highest BCUT2D eigenvalue weighted by Gasteiger charge is 2.17. The Labute approximate surface area is 191 Å². The molecule has 0 amide bonds. The Hall–Kier alpha value is -3.48. The third-order valence-electron chi connectivity index (χ3n) is 4.85. The standard InChI is InChI=1S/C24H12Cl2F2N2O2/c25-21-15(3-1-5-17(21)19-9-7-13(11-31)23(27)29-19)16-4-2-6-18(22(16)26)20-10-8-14(12-32)24(28)30-20/h1-12H. The number of aromatic nitrogens is 2. The first-order valence-electron chi connectivity index (χ1n) is 9.26. The lowest BCUT2D eigenvalue weighted by Crippen LogP contribution is -1.96. The lowest BCUT2D eigenvalue weighted by Gasteiger charge is -2.14. The molecule has 0 saturated heterocycles. The summed E-state index contributed by atoms with van der Waals surface area (Å²) < 4.78 is 28.0. The van der Waals surface area contributed by atoms with E-state index in [-0.39, 0.29) is 32.6 Å². The number of halogens is 4. The van der Waals surface area contributed by atoms with Crippen LogP contribution < -0.4 is 0 Å². The van der Waals surface area contributed by atoms with Gasteiger partial charge in [-0.2, -0.15) is 8.78 Å². The molecule has 0 spiro atoms. The van der Waals surface area contributed by atoms with Crippen LogP contribution in [0.1, 0.15) is 20.7 Å². The molecule has 0 unspecified atom stereocenters. The highest BCUT2D eigenvalue weighted by atomic mass is 35.5. The van der Waals surface area contributed by atoms with Gasteiger partial charge in [0, 0.05) is 22.3 Å². The van der Waals surface area contributed by atoms with Crippen molar-refractivity contribution < 1.29 is 18.4 Å². The summed E-state index contributed by atoms with van der Waals surface area (Å²) in [5.41, 5.74) is 2.17. The lowest BCUT2D eigenvalue weighted by molar-refractivity contribution is 0.111. The third kappa shape index (κ3) is 3.90. The number of carbonyl (C=O) groups is 2. The topological polar surface area (TPSA) is 59.9 Å². The summed E-state index contributed by atoms with van der Waals surface area (Å²) in [6.45, 7) is 0. The van der Waals surface area contributed by atoms with Crippen LogP contribution in [0.3, 0.4) is 0 Å². The summed E-state index contributed by atoms with van der Waals surface area (Å²) in [6, 6.07) is 15.9. The molecule has 2 aromatic carbocycles. The number of hydrogen-bond acceptors (Lipinski definition) is 4. The molecule has 0 fully saturated rings. The fourth-order valence-corrected chi connectivity index (χ4v) is 3.89. The van der Waals surface area contributed by atoms with Gasteiger partial charge in [0.1, 0.15) is 0 Å². The Kier molecular flexibility index (Phi) is 6.08. The smallest absolute Gasteiger partial charge is 0.224 e. The number of benzene rings is 2. The maximum absolute atomic E-state index is 14.0. The van der Waals surface area contributed by atoms with Crippen molar-refractivity contribution in [2.75, 3.05) is 0 Å². The first kappa shape index (κ1) is 21.7. The predicted molar refractivity (Wildman–Crippen MR) is 119 cm³/mol. The summed E-state index contributed by atoms with van der Waals surface area (Å²) in [5, 5.41) is 0.542. The second-order valence-electron chi connectivity index (χ2n) is 6.72. The quantitative estimate of drug-likeness (QED) is 0.242. The third-order valence-corrected chi connectivity index (χ3v) is 5.66. The van der Waals surface area contributed by atoms with Crippen LogP contribution in [-0.2, 0) is 0 Å². The Morgan fingerprint density at radius 2 is 0.969 bits per heavy atom. The average Bonchev–Trinajstić information content (AvgIpc) is 2.79. The molecule has 4 nitrogen and oxygen atoms in total. The zero-order chi connectivity index (χ0) is 22.8. The van der Waals surface area contributed by atoms with Crippen molar-refractivity contribution >= 4 is 35.8 Å². The molecule has 0 bridgehead atoms. The van der Waals surface area contributed by atoms with E-state index in [9.17, 15) is 18.4 Å². The summed E-state index contributed by atoms with van der Waals surface area (Å²) in [5.74, 6) is -1.79. The van der Waals surface area contributed by atoms with Gasteiger partial charge >= 0.3 is 0 Å². The minimum Gasteiger partial charge on any atom is -0.298 e. The van der Waals surface area contributed by atoms with Crippen molar-refractivity contribution in [2.24, 2.45) is 0 Å². The Balaban J connectivity index is 1.83. The first-order valence-corrected chi connectivity index (χ1v) is 10.0. The van der Waals surface area contributed by atoms with Crippen LogP contribution in [0, 0.1) is 11.9 Å². The molecule has 2 aromatic heterocycles. The van der Waals surface area contributed by atoms with E-state index >= 15 is 0 Å². The SMILES string of the molecule is O=Cc1ccc(-c2cccc(-c3cccc(-c4ccc(C=O)c(F)n4)c3Cl)c2Cl)nc1F. The number of carbonyl (C=O) groups excluding carboxylic acids is 2. The van der Waals surface area contributed by atoms with Gasteiger partial charge in [-0.3, -0.25) is 9.59 Å². The van der Waals surface area contributed by atoms with Crippen molar-refractivity contribution in [3.8, 4) is 33.6 Å². The average molecular weight is 469 g/mol. The number of aldehydes is 2. The number of nitrogens with zero attached hydrogens (tertiary/aromatic N) is 2. The summed E-state index contributed by atoms with van der Waals surface area (Å²) in [4.78, 5) is 29.4. The summed E-state index contributed by atoms with van der Waals surface area (Å²) in [6.07, 6.45) is 0.766. The van der Waals surface area contributed by atoms with E-state index in [4.69, 9.17) is 23.2 Å². The van der Waals surface area contributed by atoms with Gasteiger partial charge in [0.15, 0.2) is 12.6 Å². The maximum Gasteiger partial charge on any atom is 0.224 e. The molecule has 4 aromatic rings. The minimum absolute atomic E-state index is 0.155. The Morgan fingerprint density at radius 1 is 0.594 bits per heavy atom. The van der Waals surface area contributed by atoms with Gasteiger partial charge in [-0.05, 0) is 24.3 Å². The van der Waals surface area contributed by atoms with E-state index in [1.807, 2.05) is 0 Å². The maximum atomic E-state index is 14.0. The van der Waals surface area contributed by atoms with Crippen LogP contribution in [0.25, 0.3) is 33.6 Å². The summed E-state index contributed by atoms with van der Waals surface area (Å²) >= 11 is 13.3. The van der Waals surface area contributed by atoms with Crippen LogP contribution in [-0.4, -0.2) is 22.5 Å². The van der Waals surface area contributed by atoms with Gasteiger partial charge in [0.2, 0.25) is 11.9 Å². The minimum atomic E-state index is -0.897. The van der Waals surface area contributed by atoms with Gasteiger partial charge in [0.05, 0.1) is 32.6 Å². The molecule has 158 valence electrons. The van der Waals surface area contributed by atoms with E-state index in [0.29, 0.717) is 34.8 Å². The van der Waals surface area contributed by atoms with Gasteiger partial charge in [-0.1, -0.05) is 59.6 Å². The highest BCUT2D eigenvalue weighted by Crippen LogP contribution is 2.41. The van der Waals surface area contributed by atoms with Crippen LogP contribution in [0.15, 0.2) is 60.7 Å². The normalized spacial score (nSPS) is 10.8. The van der Waals surface area contributed by atoms with Crippen LogP contribution in [0.4, 0.5) is 8.78 Å². The second-order valence-corrected chi connectivity index (χ2v) is 7.48. The first-order chi connectivity index (χ1) is 15.4. The van der Waals surface area contributed by atoms with E-state index in [1.165, 1.54) is 24.3 Å². The Morgan fingerprint density at radius 3 is 1.31 bits per heavy atom. The molecular weight excluding hydrogens is 457 g/mol. The fourth-order valence-electron chi connectivity index (χ4n) is 3.24. The molecule has 0 radical (unpaired) electrons. The zero-order valence-electron chi connectivity index (χ0n) is 16.2. The van der Waals surface area contributed by atoms with E-state index in [0.717, 1.165) is 0 Å². The Bertz CT molecular complexity index is 1270. The molecule has 2 heterocycles. The van der Waals surface area contributed by atoms with E-state index in [1.54, 1.807) is 36.4 Å². The van der Waals surface area contributed by atoms with Crippen molar-refractivity contribution in [1.29, 1.82) is 0 Å². The van der Waals surface area contributed by atoms with Crippen LogP contribution in [0.2, 0.25) is 10.0 Å². The van der Waals surface area contributed by atoms with Crippen molar-refractivity contribution in [3.63, 3.8) is 0 Å². The highest BCUT2D eigenvalue weighted by molar-refractivity contribution is 6.39. The summed E-state index contributed by atoms with van der Waals surface area (Å²) in [7, 11) is 0. The predicted octanol–water partition coefficient (Wildman–Crippen LogP) is 6.69. The van der Waals surface area contributed by atoms with Crippen molar-refractivity contribution in [1.82, 2.24) is 9.97 Å². The largest absolute Gasteiger partial charge is 0.298 e. The molecule has 32 heavy (non-hydrogen) atoms. The molecular formula is C24H12Cl2F2N2O2. The molecule has 4 rings (SSSR count). The van der Waals surface area contributed by atoms with Crippen LogP contribution in [0.5, 0.6) is 0 Å². The molecule has 0 N–H and O–H groups in total. The fraction of sp³-hybridized carbons (Fsp3) is 0. The molecule has 0 saturated carbocycles. The number of pyridine rings is 2. The lowest BCUT2D eigenvalue weighted by atomic mass is 9.98. The van der Waals surface area contributed by atoms with Crippen molar-refractivity contribution in [3.05, 3.63) is 93.7 Å². The molecule has 0 atom stereocenters. The molecule has 0 aliphatic carbocycles. The number of hydrogen-bond donors (Lipinski definition) is 0. The van der Waals surface area contributed by atoms with Gasteiger partial charge in [-0.15, -0.1) is 0 Å². The number of rotatable bonds is 5. The van der Waals surface area contributed by atoms with E-state index < -0.39 is 11.9 Å². The molecule has 0 aliphatic rings. The zero-order valence-corrected chi connectivity index (χ0v) is 17.7. The van der Waals surface area contributed by atoms with Gasteiger partial charge in [0.25, 0.3) is 0 Å². The molecule has 8 heteroatoms. The van der Waals surface area contributed by atoms with Gasteiger partial charge in [-0.25, -0.2) is 9.97 Å². The van der Waals surface area contributed by atoms with Crippen LogP contribution >= 0.6 is 23.2 Å². The van der Waals surface area contributed by atoms with Gasteiger partial charge < -0.3 is 0 Å². The monoisotopic (exact) mass is 468 g/mol. The second kappa shape index (κ2) is 8.94. The molecule has 0 aliphatic heterocycles. The van der Waals surface area contributed by atoms with E-state index in [2.05, 4.69) is 9.97 Å². The van der Waals surface area contributed by atoms with Crippen molar-refractivity contribution in [2.45, 2.75) is 0 Å².